The standard InChI is InChI=1S/C23H18ClN5O/c24-21-9-5-4-8-19(21)16-29-17-20(23(27-29)18-6-2-1-3-7-18)10-11-22(30)28(14-12-25)15-13-26/h1-11,17H,14-16H2/b11-10+. The predicted molar refractivity (Wildman–Crippen MR) is 115 cm³/mol. The Labute approximate surface area is 179 Å². The van der Waals surface area contributed by atoms with Crippen LogP contribution in [0.1, 0.15) is 11.1 Å². The summed E-state index contributed by atoms with van der Waals surface area (Å²) in [5.74, 6) is -0.407. The summed E-state index contributed by atoms with van der Waals surface area (Å²) < 4.78 is 1.77. The van der Waals surface area contributed by atoms with Crippen LogP contribution in [0.3, 0.4) is 0 Å². The fourth-order valence-corrected chi connectivity index (χ4v) is 3.11. The SMILES string of the molecule is N#CCN(CC#N)C(=O)/C=C/c1cn(Cc2ccccc2Cl)nc1-c1ccccc1. The van der Waals surface area contributed by atoms with Crippen molar-refractivity contribution in [3.63, 3.8) is 0 Å². The van der Waals surface area contributed by atoms with Crippen molar-refractivity contribution in [3.05, 3.63) is 83.0 Å². The fraction of sp³-hybridized carbons (Fsp3) is 0.130. The molecule has 3 rings (SSSR count). The Morgan fingerprint density at radius 2 is 1.73 bits per heavy atom. The van der Waals surface area contributed by atoms with Gasteiger partial charge in [0.15, 0.2) is 0 Å². The van der Waals surface area contributed by atoms with Crippen LogP contribution in [0.25, 0.3) is 17.3 Å². The van der Waals surface area contributed by atoms with E-state index in [1.807, 2.05) is 72.9 Å². The Morgan fingerprint density at radius 1 is 1.07 bits per heavy atom. The van der Waals surface area contributed by atoms with E-state index in [-0.39, 0.29) is 13.1 Å². The van der Waals surface area contributed by atoms with Gasteiger partial charge in [0.1, 0.15) is 13.1 Å². The highest BCUT2D eigenvalue weighted by Gasteiger charge is 2.13. The van der Waals surface area contributed by atoms with Crippen LogP contribution in [0.5, 0.6) is 0 Å². The number of benzene rings is 2. The third-order valence-corrected chi connectivity index (χ3v) is 4.74. The van der Waals surface area contributed by atoms with Gasteiger partial charge in [0.2, 0.25) is 5.91 Å². The molecule has 0 radical (unpaired) electrons. The zero-order valence-corrected chi connectivity index (χ0v) is 16.8. The van der Waals surface area contributed by atoms with E-state index < -0.39 is 5.91 Å². The maximum Gasteiger partial charge on any atom is 0.248 e. The average Bonchev–Trinajstić information content (AvgIpc) is 3.17. The minimum absolute atomic E-state index is 0.145. The van der Waals surface area contributed by atoms with Crippen LogP contribution in [0.4, 0.5) is 0 Å². The zero-order valence-electron chi connectivity index (χ0n) is 16.1. The molecule has 1 aromatic heterocycles. The molecule has 0 bridgehead atoms. The van der Waals surface area contributed by atoms with Crippen molar-refractivity contribution >= 4 is 23.6 Å². The van der Waals surface area contributed by atoms with Crippen LogP contribution < -0.4 is 0 Å². The van der Waals surface area contributed by atoms with Crippen molar-refractivity contribution in [2.45, 2.75) is 6.54 Å². The Balaban J connectivity index is 1.93. The minimum atomic E-state index is -0.407. The third-order valence-electron chi connectivity index (χ3n) is 4.37. The molecule has 0 saturated heterocycles. The summed E-state index contributed by atoms with van der Waals surface area (Å²) in [6, 6.07) is 21.0. The minimum Gasteiger partial charge on any atom is -0.313 e. The molecule has 0 spiro atoms. The van der Waals surface area contributed by atoms with Gasteiger partial charge in [0.05, 0.1) is 24.4 Å². The molecular weight excluding hydrogens is 398 g/mol. The van der Waals surface area contributed by atoms with Crippen molar-refractivity contribution in [2.24, 2.45) is 0 Å². The summed E-state index contributed by atoms with van der Waals surface area (Å²) in [7, 11) is 0. The van der Waals surface area contributed by atoms with Gasteiger partial charge in [-0.1, -0.05) is 60.1 Å². The van der Waals surface area contributed by atoms with E-state index in [1.54, 1.807) is 10.8 Å². The highest BCUT2D eigenvalue weighted by atomic mass is 35.5. The first kappa shape index (κ1) is 20.9. The van der Waals surface area contributed by atoms with E-state index in [9.17, 15) is 4.79 Å². The number of carbonyl (C=O) groups excluding carboxylic acids is 1. The molecule has 2 aromatic carbocycles. The lowest BCUT2D eigenvalue weighted by molar-refractivity contribution is -0.124. The van der Waals surface area contributed by atoms with Gasteiger partial charge in [-0.15, -0.1) is 0 Å². The van der Waals surface area contributed by atoms with E-state index in [1.165, 1.54) is 11.0 Å². The van der Waals surface area contributed by atoms with Crippen LogP contribution in [-0.2, 0) is 11.3 Å². The molecular formula is C23H18ClN5O. The predicted octanol–water partition coefficient (Wildman–Crippen LogP) is 4.14. The highest BCUT2D eigenvalue weighted by Crippen LogP contribution is 2.24. The number of hydrogen-bond donors (Lipinski definition) is 0. The molecule has 0 aliphatic rings. The molecule has 0 atom stereocenters. The lowest BCUT2D eigenvalue weighted by Crippen LogP contribution is -2.30. The van der Waals surface area contributed by atoms with Gasteiger partial charge in [-0.3, -0.25) is 9.48 Å². The Morgan fingerprint density at radius 3 is 2.40 bits per heavy atom. The third kappa shape index (κ3) is 5.14. The number of nitriles is 2. The molecule has 1 amide bonds. The van der Waals surface area contributed by atoms with Gasteiger partial charge in [0.25, 0.3) is 0 Å². The van der Waals surface area contributed by atoms with Crippen molar-refractivity contribution < 1.29 is 4.79 Å². The van der Waals surface area contributed by atoms with Gasteiger partial charge in [-0.25, -0.2) is 0 Å². The molecule has 0 N–H and O–H groups in total. The monoisotopic (exact) mass is 415 g/mol. The van der Waals surface area contributed by atoms with E-state index in [0.29, 0.717) is 11.6 Å². The maximum absolute atomic E-state index is 12.4. The molecule has 30 heavy (non-hydrogen) atoms. The molecule has 7 heteroatoms. The number of carbonyl (C=O) groups is 1. The van der Waals surface area contributed by atoms with E-state index in [0.717, 1.165) is 22.4 Å². The van der Waals surface area contributed by atoms with Gasteiger partial charge >= 0.3 is 0 Å². The molecule has 6 nitrogen and oxygen atoms in total. The van der Waals surface area contributed by atoms with Crippen molar-refractivity contribution in [3.8, 4) is 23.4 Å². The largest absolute Gasteiger partial charge is 0.313 e. The molecule has 148 valence electrons. The molecule has 0 aliphatic heterocycles. The van der Waals surface area contributed by atoms with Gasteiger partial charge in [-0.05, 0) is 17.7 Å². The van der Waals surface area contributed by atoms with Gasteiger partial charge < -0.3 is 4.90 Å². The fourth-order valence-electron chi connectivity index (χ4n) is 2.91. The summed E-state index contributed by atoms with van der Waals surface area (Å²) in [5, 5.41) is 23.1. The molecule has 0 aliphatic carbocycles. The van der Waals surface area contributed by atoms with Crippen molar-refractivity contribution in [1.82, 2.24) is 14.7 Å². The quantitative estimate of drug-likeness (QED) is 0.428. The van der Waals surface area contributed by atoms with E-state index in [2.05, 4.69) is 5.10 Å². The molecule has 1 heterocycles. The molecule has 3 aromatic rings. The van der Waals surface area contributed by atoms with Crippen LogP contribution >= 0.6 is 11.6 Å². The van der Waals surface area contributed by atoms with Crippen LogP contribution in [0, 0.1) is 22.7 Å². The van der Waals surface area contributed by atoms with Gasteiger partial charge in [-0.2, -0.15) is 15.6 Å². The second-order valence-corrected chi connectivity index (χ2v) is 6.84. The van der Waals surface area contributed by atoms with Crippen molar-refractivity contribution in [1.29, 1.82) is 10.5 Å². The van der Waals surface area contributed by atoms with Crippen LogP contribution in [0.15, 0.2) is 66.9 Å². The number of amides is 1. The topological polar surface area (TPSA) is 85.7 Å². The lowest BCUT2D eigenvalue weighted by Gasteiger charge is -2.12. The lowest BCUT2D eigenvalue weighted by atomic mass is 10.1. The van der Waals surface area contributed by atoms with E-state index in [4.69, 9.17) is 22.1 Å². The summed E-state index contributed by atoms with van der Waals surface area (Å²) in [4.78, 5) is 13.6. The van der Waals surface area contributed by atoms with Crippen LogP contribution in [0.2, 0.25) is 5.02 Å². The first-order chi connectivity index (χ1) is 14.6. The Bertz CT molecular complexity index is 1120. The average molecular weight is 416 g/mol. The number of halogens is 1. The molecule has 0 saturated carbocycles. The molecule has 0 unspecified atom stereocenters. The normalized spacial score (nSPS) is 10.5. The highest BCUT2D eigenvalue weighted by molar-refractivity contribution is 6.31. The smallest absolute Gasteiger partial charge is 0.248 e. The maximum atomic E-state index is 12.4. The molecule has 0 fully saturated rings. The summed E-state index contributed by atoms with van der Waals surface area (Å²) >= 11 is 6.28. The Hall–Kier alpha value is -3.87. The second-order valence-electron chi connectivity index (χ2n) is 6.43. The number of hydrogen-bond acceptors (Lipinski definition) is 4. The van der Waals surface area contributed by atoms with Crippen molar-refractivity contribution in [2.75, 3.05) is 13.1 Å². The summed E-state index contributed by atoms with van der Waals surface area (Å²) in [5.41, 5.74) is 3.31. The second kappa shape index (κ2) is 10.1. The first-order valence-electron chi connectivity index (χ1n) is 9.19. The number of aromatic nitrogens is 2. The number of nitrogens with zero attached hydrogens (tertiary/aromatic N) is 5. The van der Waals surface area contributed by atoms with Crippen LogP contribution in [-0.4, -0.2) is 33.7 Å². The summed E-state index contributed by atoms with van der Waals surface area (Å²) in [6.07, 6.45) is 4.86. The Kier molecular flexibility index (Phi) is 7.00. The zero-order chi connectivity index (χ0) is 21.3. The number of rotatable bonds is 7. The first-order valence-corrected chi connectivity index (χ1v) is 9.57. The van der Waals surface area contributed by atoms with Gasteiger partial charge in [0, 0.05) is 28.4 Å². The summed E-state index contributed by atoms with van der Waals surface area (Å²) in [6.45, 7) is 0.193. The van der Waals surface area contributed by atoms with E-state index >= 15 is 0 Å².